The van der Waals surface area contributed by atoms with Crippen molar-refractivity contribution in [2.24, 2.45) is 0 Å². The second-order valence-corrected chi connectivity index (χ2v) is 2.79. The molecule has 0 unspecified atom stereocenters. The van der Waals surface area contributed by atoms with Crippen molar-refractivity contribution in [3.8, 4) is 0 Å². The van der Waals surface area contributed by atoms with Crippen molar-refractivity contribution in [2.45, 2.75) is 19.3 Å². The number of aliphatic hydroxyl groups is 1. The van der Waals surface area contributed by atoms with E-state index in [1.54, 1.807) is 6.08 Å². The first-order valence-corrected chi connectivity index (χ1v) is 4.02. The van der Waals surface area contributed by atoms with E-state index >= 15 is 0 Å². The third-order valence-electron chi connectivity index (χ3n) is 1.96. The van der Waals surface area contributed by atoms with Gasteiger partial charge in [0.05, 0.1) is 0 Å². The number of rotatable bonds is 3. The summed E-state index contributed by atoms with van der Waals surface area (Å²) in [5.41, 5.74) is 1.63. The average molecular weight is 163 g/mol. The highest BCUT2D eigenvalue weighted by molar-refractivity contribution is 5.81. The van der Waals surface area contributed by atoms with Crippen molar-refractivity contribution in [1.82, 2.24) is 0 Å². The minimum atomic E-state index is 0.274. The van der Waals surface area contributed by atoms with Crippen molar-refractivity contribution in [1.29, 1.82) is 5.41 Å². The van der Waals surface area contributed by atoms with E-state index in [4.69, 9.17) is 5.41 Å². The molecule has 0 fully saturated rings. The lowest BCUT2D eigenvalue weighted by atomic mass is 9.96. The molecule has 0 saturated carbocycles. The highest BCUT2D eigenvalue weighted by Crippen LogP contribution is 2.24. The fourth-order valence-electron chi connectivity index (χ4n) is 1.32. The highest BCUT2D eigenvalue weighted by Gasteiger charge is 2.11. The Labute approximate surface area is 72.4 Å². The summed E-state index contributed by atoms with van der Waals surface area (Å²) < 4.78 is 0. The van der Waals surface area contributed by atoms with Gasteiger partial charge in [0.2, 0.25) is 0 Å². The lowest BCUT2D eigenvalue weighted by molar-refractivity contribution is 0.413. The van der Waals surface area contributed by atoms with Crippen molar-refractivity contribution in [3.63, 3.8) is 0 Å². The maximum Gasteiger partial charge on any atom is 0.123 e. The van der Waals surface area contributed by atoms with Crippen LogP contribution < -0.4 is 0 Å². The van der Waals surface area contributed by atoms with E-state index in [2.05, 4.69) is 6.58 Å². The van der Waals surface area contributed by atoms with E-state index in [9.17, 15) is 5.11 Å². The first kappa shape index (κ1) is 8.78. The van der Waals surface area contributed by atoms with Gasteiger partial charge >= 0.3 is 0 Å². The molecule has 0 aromatic carbocycles. The molecule has 0 radical (unpaired) electrons. The van der Waals surface area contributed by atoms with Crippen molar-refractivity contribution in [2.75, 3.05) is 0 Å². The summed E-state index contributed by atoms with van der Waals surface area (Å²) in [5, 5.41) is 16.6. The van der Waals surface area contributed by atoms with Crippen molar-refractivity contribution < 1.29 is 5.11 Å². The highest BCUT2D eigenvalue weighted by atomic mass is 16.3. The van der Waals surface area contributed by atoms with Gasteiger partial charge in [0.15, 0.2) is 0 Å². The molecular weight excluding hydrogens is 150 g/mol. The Morgan fingerprint density at radius 3 is 3.00 bits per heavy atom. The Kier molecular flexibility index (Phi) is 2.86. The van der Waals surface area contributed by atoms with Gasteiger partial charge in [0.25, 0.3) is 0 Å². The molecule has 0 aliphatic heterocycles. The summed E-state index contributed by atoms with van der Waals surface area (Å²) in [6.07, 6.45) is 7.37. The fourth-order valence-corrected chi connectivity index (χ4v) is 1.32. The number of hydrogen-bond donors (Lipinski definition) is 2. The third kappa shape index (κ3) is 1.64. The normalized spacial score (nSPS) is 17.2. The maximum atomic E-state index is 9.57. The SMILES string of the molecule is C=CCC1=C(O)C(C=N)=CCC1. The van der Waals surface area contributed by atoms with Crippen LogP contribution in [0.2, 0.25) is 0 Å². The number of hydrogen-bond acceptors (Lipinski definition) is 2. The summed E-state index contributed by atoms with van der Waals surface area (Å²) in [4.78, 5) is 0. The van der Waals surface area contributed by atoms with Crippen LogP contribution in [0.25, 0.3) is 0 Å². The first-order valence-electron chi connectivity index (χ1n) is 4.02. The smallest absolute Gasteiger partial charge is 0.123 e. The van der Waals surface area contributed by atoms with Crippen LogP contribution in [0, 0.1) is 5.41 Å². The lowest BCUT2D eigenvalue weighted by Crippen LogP contribution is -2.01. The largest absolute Gasteiger partial charge is 0.507 e. The predicted molar refractivity (Wildman–Crippen MR) is 50.6 cm³/mol. The van der Waals surface area contributed by atoms with E-state index in [1.165, 1.54) is 6.21 Å². The molecule has 2 N–H and O–H groups in total. The Balaban J connectivity index is 2.89. The Bertz CT molecular complexity index is 261. The summed E-state index contributed by atoms with van der Waals surface area (Å²) in [7, 11) is 0. The van der Waals surface area contributed by atoms with Crippen LogP contribution in [0.4, 0.5) is 0 Å². The van der Waals surface area contributed by atoms with Gasteiger partial charge in [-0.25, -0.2) is 0 Å². The van der Waals surface area contributed by atoms with Crippen LogP contribution in [0.1, 0.15) is 19.3 Å². The van der Waals surface area contributed by atoms with Gasteiger partial charge < -0.3 is 10.5 Å². The van der Waals surface area contributed by atoms with E-state index < -0.39 is 0 Å². The molecule has 64 valence electrons. The zero-order valence-corrected chi connectivity index (χ0v) is 7.01. The van der Waals surface area contributed by atoms with Crippen LogP contribution in [0.5, 0.6) is 0 Å². The van der Waals surface area contributed by atoms with E-state index in [-0.39, 0.29) is 5.76 Å². The van der Waals surface area contributed by atoms with Gasteiger partial charge in [-0.2, -0.15) is 0 Å². The average Bonchev–Trinajstić information content (AvgIpc) is 2.09. The van der Waals surface area contributed by atoms with Crippen molar-refractivity contribution in [3.05, 3.63) is 35.6 Å². The number of nitrogens with one attached hydrogen (secondary N) is 1. The maximum absolute atomic E-state index is 9.57. The van der Waals surface area contributed by atoms with Crippen LogP contribution >= 0.6 is 0 Å². The Hall–Kier alpha value is -1.31. The molecule has 1 aliphatic carbocycles. The summed E-state index contributed by atoms with van der Waals surface area (Å²) in [6.45, 7) is 3.62. The molecule has 0 spiro atoms. The molecule has 0 amide bonds. The van der Waals surface area contributed by atoms with Crippen LogP contribution in [-0.2, 0) is 0 Å². The topological polar surface area (TPSA) is 44.1 Å². The third-order valence-corrected chi connectivity index (χ3v) is 1.96. The standard InChI is InChI=1S/C10H13NO/c1-2-4-8-5-3-6-9(7-11)10(8)12/h2,6-7,11-12H,1,3-5H2. The van der Waals surface area contributed by atoms with E-state index in [0.717, 1.165) is 24.8 Å². The second kappa shape index (κ2) is 3.90. The molecule has 2 nitrogen and oxygen atoms in total. The predicted octanol–water partition coefficient (Wildman–Crippen LogP) is 2.74. The summed E-state index contributed by atoms with van der Waals surface area (Å²) in [5.74, 6) is 0.274. The van der Waals surface area contributed by atoms with Gasteiger partial charge in [0.1, 0.15) is 5.76 Å². The molecular formula is C10H13NO. The lowest BCUT2D eigenvalue weighted by Gasteiger charge is -2.13. The molecule has 0 heterocycles. The van der Waals surface area contributed by atoms with Gasteiger partial charge in [-0.15, -0.1) is 6.58 Å². The first-order chi connectivity index (χ1) is 5.79. The van der Waals surface area contributed by atoms with E-state index in [0.29, 0.717) is 5.57 Å². The van der Waals surface area contributed by atoms with Gasteiger partial charge in [-0.1, -0.05) is 12.2 Å². The monoisotopic (exact) mass is 163 g/mol. The van der Waals surface area contributed by atoms with E-state index in [1.807, 2.05) is 6.08 Å². The molecule has 0 aromatic heterocycles. The minimum absolute atomic E-state index is 0.274. The Morgan fingerprint density at radius 2 is 2.42 bits per heavy atom. The molecule has 0 aromatic rings. The minimum Gasteiger partial charge on any atom is -0.507 e. The number of aliphatic hydroxyl groups excluding tert-OH is 1. The number of allylic oxidation sites excluding steroid dienone is 4. The van der Waals surface area contributed by atoms with Crippen molar-refractivity contribution >= 4 is 6.21 Å². The van der Waals surface area contributed by atoms with Gasteiger partial charge in [-0.05, 0) is 24.8 Å². The van der Waals surface area contributed by atoms with Crippen LogP contribution in [-0.4, -0.2) is 11.3 Å². The zero-order valence-electron chi connectivity index (χ0n) is 7.01. The quantitative estimate of drug-likeness (QED) is 0.487. The van der Waals surface area contributed by atoms with Gasteiger partial charge in [0, 0.05) is 11.8 Å². The van der Waals surface area contributed by atoms with Gasteiger partial charge in [-0.3, -0.25) is 0 Å². The molecule has 12 heavy (non-hydrogen) atoms. The molecule has 1 aliphatic rings. The molecule has 0 atom stereocenters. The zero-order chi connectivity index (χ0) is 8.97. The molecule has 0 bridgehead atoms. The molecule has 2 heteroatoms. The Morgan fingerprint density at radius 1 is 1.67 bits per heavy atom. The van der Waals surface area contributed by atoms with Crippen LogP contribution in [0.3, 0.4) is 0 Å². The van der Waals surface area contributed by atoms with Crippen LogP contribution in [0.15, 0.2) is 35.6 Å². The fraction of sp³-hybridized carbons (Fsp3) is 0.300. The summed E-state index contributed by atoms with van der Waals surface area (Å²) >= 11 is 0. The molecule has 1 rings (SSSR count). The molecule has 0 saturated heterocycles. The summed E-state index contributed by atoms with van der Waals surface area (Å²) in [6, 6.07) is 0. The second-order valence-electron chi connectivity index (χ2n) is 2.79.